The number of nitrogens with zero attached hydrogens (tertiary/aromatic N) is 3. The van der Waals surface area contributed by atoms with Gasteiger partial charge in [0.05, 0.1) is 11.3 Å². The van der Waals surface area contributed by atoms with Crippen molar-refractivity contribution in [3.8, 4) is 17.1 Å². The fraction of sp³-hybridized carbons (Fsp3) is 0. The molecule has 2 heterocycles. The third-order valence-electron chi connectivity index (χ3n) is 2.91. The summed E-state index contributed by atoms with van der Waals surface area (Å²) in [5, 5.41) is 0. The molecule has 2 aromatic heterocycles. The molecular weight excluding hydrogens is 280 g/mol. The maximum absolute atomic E-state index is 12.0. The van der Waals surface area contributed by atoms with Crippen molar-refractivity contribution >= 4 is 5.91 Å². The maximum atomic E-state index is 12.0. The summed E-state index contributed by atoms with van der Waals surface area (Å²) in [7, 11) is 0. The van der Waals surface area contributed by atoms with E-state index < -0.39 is 0 Å². The molecule has 0 atom stereocenters. The second-order valence-corrected chi connectivity index (χ2v) is 4.35. The molecule has 3 aromatic rings. The Labute approximate surface area is 126 Å². The van der Waals surface area contributed by atoms with Crippen molar-refractivity contribution in [1.82, 2.24) is 20.4 Å². The lowest BCUT2D eigenvalue weighted by molar-refractivity contribution is 0.0751. The predicted octanol–water partition coefficient (Wildman–Crippen LogP) is 2.26. The quantitative estimate of drug-likeness (QED) is 0.746. The molecule has 1 aromatic carbocycles. The van der Waals surface area contributed by atoms with Gasteiger partial charge in [0, 0.05) is 18.0 Å². The zero-order valence-corrected chi connectivity index (χ0v) is 11.5. The van der Waals surface area contributed by atoms with Crippen molar-refractivity contribution in [2.24, 2.45) is 0 Å². The van der Waals surface area contributed by atoms with Crippen molar-refractivity contribution in [3.05, 3.63) is 72.8 Å². The van der Waals surface area contributed by atoms with Gasteiger partial charge in [0.2, 0.25) is 0 Å². The standard InChI is InChI=1S/C16H12N4O2/c21-15(12-5-2-1-3-6-12)20-22-16-13(7-4-9-18-16)14-8-10-17-11-19-14/h1-11H,(H,20,21). The number of aromatic nitrogens is 3. The third-order valence-corrected chi connectivity index (χ3v) is 2.91. The number of pyridine rings is 1. The van der Waals surface area contributed by atoms with Gasteiger partial charge >= 0.3 is 0 Å². The first-order chi connectivity index (χ1) is 10.8. The summed E-state index contributed by atoms with van der Waals surface area (Å²) in [6, 6.07) is 14.1. The molecular formula is C16H12N4O2. The largest absolute Gasteiger partial charge is 0.358 e. The van der Waals surface area contributed by atoms with Gasteiger partial charge in [-0.05, 0) is 30.3 Å². The van der Waals surface area contributed by atoms with E-state index in [1.165, 1.54) is 6.33 Å². The zero-order valence-electron chi connectivity index (χ0n) is 11.5. The molecule has 0 bridgehead atoms. The number of nitrogens with one attached hydrogen (secondary N) is 1. The summed E-state index contributed by atoms with van der Waals surface area (Å²) in [5.74, 6) is -0.0784. The minimum absolute atomic E-state index is 0.269. The van der Waals surface area contributed by atoms with Crippen LogP contribution >= 0.6 is 0 Å². The Morgan fingerprint density at radius 1 is 0.955 bits per heavy atom. The van der Waals surface area contributed by atoms with E-state index >= 15 is 0 Å². The van der Waals surface area contributed by atoms with Crippen molar-refractivity contribution < 1.29 is 9.63 Å². The fourth-order valence-electron chi connectivity index (χ4n) is 1.86. The van der Waals surface area contributed by atoms with Crippen LogP contribution in [0.1, 0.15) is 10.4 Å². The average Bonchev–Trinajstić information content (AvgIpc) is 2.61. The third kappa shape index (κ3) is 3.06. The molecule has 6 nitrogen and oxygen atoms in total. The summed E-state index contributed by atoms with van der Waals surface area (Å²) >= 11 is 0. The van der Waals surface area contributed by atoms with Crippen LogP contribution in [0.25, 0.3) is 11.3 Å². The number of amides is 1. The molecule has 1 N–H and O–H groups in total. The Kier molecular flexibility index (Phi) is 4.01. The molecule has 22 heavy (non-hydrogen) atoms. The minimum atomic E-state index is -0.347. The van der Waals surface area contributed by atoms with Gasteiger partial charge in [-0.1, -0.05) is 18.2 Å². The first-order valence-electron chi connectivity index (χ1n) is 6.58. The molecule has 6 heteroatoms. The van der Waals surface area contributed by atoms with Gasteiger partial charge < -0.3 is 4.84 Å². The second kappa shape index (κ2) is 6.45. The average molecular weight is 292 g/mol. The first-order valence-corrected chi connectivity index (χ1v) is 6.58. The lowest BCUT2D eigenvalue weighted by atomic mass is 10.2. The smallest absolute Gasteiger partial charge is 0.283 e. The molecule has 0 aliphatic rings. The van der Waals surface area contributed by atoms with Gasteiger partial charge in [0.25, 0.3) is 11.8 Å². The molecule has 108 valence electrons. The Bertz CT molecular complexity index is 763. The van der Waals surface area contributed by atoms with Gasteiger partial charge in [0.15, 0.2) is 0 Å². The van der Waals surface area contributed by atoms with Gasteiger partial charge in [-0.2, -0.15) is 5.48 Å². The van der Waals surface area contributed by atoms with Gasteiger partial charge in [0.1, 0.15) is 6.33 Å². The number of hydrogen-bond acceptors (Lipinski definition) is 5. The van der Waals surface area contributed by atoms with Crippen LogP contribution in [0.15, 0.2) is 67.3 Å². The normalized spacial score (nSPS) is 10.0. The van der Waals surface area contributed by atoms with E-state index in [0.29, 0.717) is 16.8 Å². The fourth-order valence-corrected chi connectivity index (χ4v) is 1.86. The molecule has 3 rings (SSSR count). The first kappa shape index (κ1) is 13.7. The van der Waals surface area contributed by atoms with E-state index in [9.17, 15) is 4.79 Å². The molecule has 0 spiro atoms. The molecule has 0 radical (unpaired) electrons. The Morgan fingerprint density at radius 2 is 1.82 bits per heavy atom. The van der Waals surface area contributed by atoms with E-state index in [1.54, 1.807) is 54.9 Å². The topological polar surface area (TPSA) is 77.0 Å². The van der Waals surface area contributed by atoms with Gasteiger partial charge in [-0.25, -0.2) is 15.0 Å². The van der Waals surface area contributed by atoms with Crippen LogP contribution in [-0.2, 0) is 0 Å². The highest BCUT2D eigenvalue weighted by molar-refractivity contribution is 5.93. The second-order valence-electron chi connectivity index (χ2n) is 4.35. The van der Waals surface area contributed by atoms with E-state index in [4.69, 9.17) is 4.84 Å². The number of carbonyl (C=O) groups excluding carboxylic acids is 1. The van der Waals surface area contributed by atoms with Crippen molar-refractivity contribution in [1.29, 1.82) is 0 Å². The maximum Gasteiger partial charge on any atom is 0.283 e. The highest BCUT2D eigenvalue weighted by Gasteiger charge is 2.11. The molecule has 0 aliphatic carbocycles. The van der Waals surface area contributed by atoms with Crippen molar-refractivity contribution in [3.63, 3.8) is 0 Å². The van der Waals surface area contributed by atoms with Crippen LogP contribution in [0.2, 0.25) is 0 Å². The van der Waals surface area contributed by atoms with Crippen molar-refractivity contribution in [2.45, 2.75) is 0 Å². The lowest BCUT2D eigenvalue weighted by Gasteiger charge is -2.09. The highest BCUT2D eigenvalue weighted by Crippen LogP contribution is 2.24. The van der Waals surface area contributed by atoms with E-state index in [0.717, 1.165) is 0 Å². The van der Waals surface area contributed by atoms with Gasteiger partial charge in [-0.3, -0.25) is 4.79 Å². The molecule has 0 saturated heterocycles. The summed E-state index contributed by atoms with van der Waals surface area (Å²) < 4.78 is 0. The van der Waals surface area contributed by atoms with Gasteiger partial charge in [-0.15, -0.1) is 0 Å². The van der Waals surface area contributed by atoms with Crippen LogP contribution in [0.3, 0.4) is 0 Å². The SMILES string of the molecule is O=C(NOc1ncccc1-c1ccncn1)c1ccccc1. The lowest BCUT2D eigenvalue weighted by Crippen LogP contribution is -2.27. The molecule has 0 unspecified atom stereocenters. The molecule has 0 aliphatic heterocycles. The number of rotatable bonds is 4. The minimum Gasteiger partial charge on any atom is -0.358 e. The summed E-state index contributed by atoms with van der Waals surface area (Å²) in [6.07, 6.45) is 4.64. The van der Waals surface area contributed by atoms with Crippen LogP contribution in [0.5, 0.6) is 5.88 Å². The van der Waals surface area contributed by atoms with Crippen LogP contribution in [0, 0.1) is 0 Å². The monoisotopic (exact) mass is 292 g/mol. The number of hydrogen-bond donors (Lipinski definition) is 1. The zero-order chi connectivity index (χ0) is 15.2. The molecule has 0 fully saturated rings. The van der Waals surface area contributed by atoms with Crippen LogP contribution in [0.4, 0.5) is 0 Å². The van der Waals surface area contributed by atoms with E-state index in [1.807, 2.05) is 6.07 Å². The molecule has 0 saturated carbocycles. The number of benzene rings is 1. The van der Waals surface area contributed by atoms with E-state index in [-0.39, 0.29) is 11.8 Å². The predicted molar refractivity (Wildman–Crippen MR) is 79.8 cm³/mol. The summed E-state index contributed by atoms with van der Waals surface area (Å²) in [5.41, 5.74) is 4.21. The Morgan fingerprint density at radius 3 is 2.59 bits per heavy atom. The number of carbonyl (C=O) groups is 1. The number of hydroxylamine groups is 1. The van der Waals surface area contributed by atoms with Crippen LogP contribution < -0.4 is 10.3 Å². The van der Waals surface area contributed by atoms with Crippen molar-refractivity contribution in [2.75, 3.05) is 0 Å². The van der Waals surface area contributed by atoms with Crippen LogP contribution in [-0.4, -0.2) is 20.9 Å². The highest BCUT2D eigenvalue weighted by atomic mass is 16.7. The summed E-state index contributed by atoms with van der Waals surface area (Å²) in [4.78, 5) is 29.5. The molecule has 1 amide bonds. The Hall–Kier alpha value is -3.28. The summed E-state index contributed by atoms with van der Waals surface area (Å²) in [6.45, 7) is 0. The Balaban J connectivity index is 1.78. The van der Waals surface area contributed by atoms with E-state index in [2.05, 4.69) is 20.4 Å².